The summed E-state index contributed by atoms with van der Waals surface area (Å²) in [4.78, 5) is 8.51. The molecule has 100 valence electrons. The lowest BCUT2D eigenvalue weighted by Crippen LogP contribution is -2.34. The van der Waals surface area contributed by atoms with Gasteiger partial charge in [-0.1, -0.05) is 12.8 Å². The molecule has 18 heavy (non-hydrogen) atoms. The van der Waals surface area contributed by atoms with Crippen LogP contribution in [0, 0.1) is 0 Å². The van der Waals surface area contributed by atoms with Gasteiger partial charge in [0, 0.05) is 23.9 Å². The third kappa shape index (κ3) is 3.51. The first-order chi connectivity index (χ1) is 8.83. The van der Waals surface area contributed by atoms with Gasteiger partial charge in [0.1, 0.15) is 18.0 Å². The van der Waals surface area contributed by atoms with E-state index in [4.69, 9.17) is 0 Å². The lowest BCUT2D eigenvalue weighted by Gasteiger charge is -2.31. The van der Waals surface area contributed by atoms with E-state index in [2.05, 4.69) is 33.8 Å². The summed E-state index contributed by atoms with van der Waals surface area (Å²) >= 11 is 1.97. The Morgan fingerprint density at radius 1 is 1.28 bits per heavy atom. The van der Waals surface area contributed by atoms with Crippen molar-refractivity contribution in [1.29, 1.82) is 0 Å². The van der Waals surface area contributed by atoms with Crippen LogP contribution in [0.15, 0.2) is 12.4 Å². The lowest BCUT2D eigenvalue weighted by atomic mass is 9.95. The minimum atomic E-state index is 0.540. The van der Waals surface area contributed by atoms with Gasteiger partial charge in [0.2, 0.25) is 0 Å². The Morgan fingerprint density at radius 3 is 2.83 bits per heavy atom. The van der Waals surface area contributed by atoms with Gasteiger partial charge in [-0.3, -0.25) is 0 Å². The highest BCUT2D eigenvalue weighted by Gasteiger charge is 2.24. The van der Waals surface area contributed by atoms with Gasteiger partial charge in [-0.25, -0.2) is 9.97 Å². The lowest BCUT2D eigenvalue weighted by molar-refractivity contribution is 0.474. The van der Waals surface area contributed by atoms with E-state index in [1.54, 1.807) is 6.33 Å². The van der Waals surface area contributed by atoms with E-state index in [0.717, 1.165) is 18.2 Å². The van der Waals surface area contributed by atoms with Crippen LogP contribution in [0.5, 0.6) is 0 Å². The Balaban J connectivity index is 2.00. The fourth-order valence-electron chi connectivity index (χ4n) is 2.45. The van der Waals surface area contributed by atoms with E-state index in [1.165, 1.54) is 25.7 Å². The third-order valence-electron chi connectivity index (χ3n) is 3.36. The molecule has 1 aliphatic carbocycles. The van der Waals surface area contributed by atoms with Gasteiger partial charge in [-0.2, -0.15) is 11.8 Å². The largest absolute Gasteiger partial charge is 0.370 e. The maximum Gasteiger partial charge on any atom is 0.131 e. The van der Waals surface area contributed by atoms with Crippen molar-refractivity contribution in [2.24, 2.45) is 0 Å². The van der Waals surface area contributed by atoms with Gasteiger partial charge in [-0.15, -0.1) is 0 Å². The molecule has 2 unspecified atom stereocenters. The van der Waals surface area contributed by atoms with Gasteiger partial charge >= 0.3 is 0 Å². The molecule has 1 heterocycles. The molecule has 0 aromatic carbocycles. The molecule has 0 saturated heterocycles. The summed E-state index contributed by atoms with van der Waals surface area (Å²) in [5, 5.41) is 7.49. The van der Waals surface area contributed by atoms with Crippen LogP contribution in [0.25, 0.3) is 0 Å². The van der Waals surface area contributed by atoms with E-state index in [1.807, 2.05) is 17.8 Å². The predicted molar refractivity (Wildman–Crippen MR) is 79.4 cm³/mol. The summed E-state index contributed by atoms with van der Waals surface area (Å²) in [6.45, 7) is 2.95. The molecule has 0 bridgehead atoms. The molecule has 0 radical (unpaired) electrons. The highest BCUT2D eigenvalue weighted by Crippen LogP contribution is 2.29. The summed E-state index contributed by atoms with van der Waals surface area (Å²) in [6.07, 6.45) is 9.05. The van der Waals surface area contributed by atoms with E-state index in [-0.39, 0.29) is 0 Å². The zero-order valence-corrected chi connectivity index (χ0v) is 12.0. The molecule has 1 aromatic rings. The number of nitrogens with one attached hydrogen (secondary N) is 2. The molecular weight excluding hydrogens is 244 g/mol. The molecule has 4 nitrogen and oxygen atoms in total. The second-order valence-electron chi connectivity index (χ2n) is 4.63. The van der Waals surface area contributed by atoms with Crippen LogP contribution in [-0.2, 0) is 0 Å². The average molecular weight is 266 g/mol. The number of nitrogens with zero attached hydrogens (tertiary/aromatic N) is 2. The SMILES string of the molecule is CCNc1cc(NC2CCCCC2SC)ncn1. The monoisotopic (exact) mass is 266 g/mol. The van der Waals surface area contributed by atoms with Gasteiger partial charge in [0.05, 0.1) is 0 Å². The molecule has 1 saturated carbocycles. The molecule has 2 rings (SSSR count). The van der Waals surface area contributed by atoms with Crippen molar-refractivity contribution in [2.45, 2.75) is 43.9 Å². The fraction of sp³-hybridized carbons (Fsp3) is 0.692. The van der Waals surface area contributed by atoms with E-state index >= 15 is 0 Å². The second-order valence-corrected chi connectivity index (χ2v) is 5.71. The van der Waals surface area contributed by atoms with Gasteiger partial charge in [0.25, 0.3) is 0 Å². The minimum absolute atomic E-state index is 0.540. The zero-order valence-electron chi connectivity index (χ0n) is 11.1. The first-order valence-electron chi connectivity index (χ1n) is 6.68. The van der Waals surface area contributed by atoms with Gasteiger partial charge in [-0.05, 0) is 26.0 Å². The smallest absolute Gasteiger partial charge is 0.131 e. The highest BCUT2D eigenvalue weighted by atomic mass is 32.2. The van der Waals surface area contributed by atoms with Crippen molar-refractivity contribution in [3.63, 3.8) is 0 Å². The molecule has 5 heteroatoms. The fourth-order valence-corrected chi connectivity index (χ4v) is 3.38. The molecule has 1 aromatic heterocycles. The normalized spacial score (nSPS) is 23.7. The van der Waals surface area contributed by atoms with Crippen LogP contribution in [-0.4, -0.2) is 34.1 Å². The molecule has 2 atom stereocenters. The van der Waals surface area contributed by atoms with Gasteiger partial charge in [0.15, 0.2) is 0 Å². The number of hydrogen-bond donors (Lipinski definition) is 2. The van der Waals surface area contributed by atoms with Crippen molar-refractivity contribution in [3.8, 4) is 0 Å². The Labute approximate surface area is 113 Å². The maximum atomic E-state index is 4.31. The minimum Gasteiger partial charge on any atom is -0.370 e. The summed E-state index contributed by atoms with van der Waals surface area (Å²) in [5.74, 6) is 1.83. The standard InChI is InChI=1S/C13H22N4S/c1-3-14-12-8-13(16-9-15-12)17-10-6-4-5-7-11(10)18-2/h8-11H,3-7H2,1-2H3,(H2,14,15,16,17). The van der Waals surface area contributed by atoms with Crippen LogP contribution in [0.1, 0.15) is 32.6 Å². The van der Waals surface area contributed by atoms with Crippen LogP contribution < -0.4 is 10.6 Å². The Morgan fingerprint density at radius 2 is 2.06 bits per heavy atom. The number of thioether (sulfide) groups is 1. The van der Waals surface area contributed by atoms with Crippen molar-refractivity contribution in [2.75, 3.05) is 23.4 Å². The molecule has 0 spiro atoms. The van der Waals surface area contributed by atoms with Crippen LogP contribution in [0.4, 0.5) is 11.6 Å². The average Bonchev–Trinajstić information content (AvgIpc) is 2.40. The highest BCUT2D eigenvalue weighted by molar-refractivity contribution is 7.99. The van der Waals surface area contributed by atoms with E-state index in [0.29, 0.717) is 11.3 Å². The quantitative estimate of drug-likeness (QED) is 0.858. The Hall–Kier alpha value is -0.970. The molecular formula is C13H22N4S. The first kappa shape index (κ1) is 13.5. The van der Waals surface area contributed by atoms with Crippen molar-refractivity contribution in [1.82, 2.24) is 9.97 Å². The molecule has 0 amide bonds. The number of aromatic nitrogens is 2. The van der Waals surface area contributed by atoms with E-state index in [9.17, 15) is 0 Å². The number of rotatable bonds is 5. The summed E-state index contributed by atoms with van der Waals surface area (Å²) in [7, 11) is 0. The number of anilines is 2. The Kier molecular flexibility index (Phi) is 5.11. The van der Waals surface area contributed by atoms with Crippen LogP contribution in [0.3, 0.4) is 0 Å². The Bertz CT molecular complexity index is 372. The second kappa shape index (κ2) is 6.83. The van der Waals surface area contributed by atoms with Crippen molar-refractivity contribution in [3.05, 3.63) is 12.4 Å². The summed E-state index contributed by atoms with van der Waals surface area (Å²) in [6, 6.07) is 2.54. The summed E-state index contributed by atoms with van der Waals surface area (Å²) in [5.41, 5.74) is 0. The first-order valence-corrected chi connectivity index (χ1v) is 7.97. The van der Waals surface area contributed by atoms with Crippen LogP contribution in [0.2, 0.25) is 0 Å². The van der Waals surface area contributed by atoms with E-state index < -0.39 is 0 Å². The maximum absolute atomic E-state index is 4.31. The predicted octanol–water partition coefficient (Wildman–Crippen LogP) is 2.99. The van der Waals surface area contributed by atoms with Crippen molar-refractivity contribution < 1.29 is 0 Å². The topological polar surface area (TPSA) is 49.8 Å². The molecule has 1 aliphatic rings. The molecule has 1 fully saturated rings. The zero-order chi connectivity index (χ0) is 12.8. The van der Waals surface area contributed by atoms with Crippen LogP contribution >= 0.6 is 11.8 Å². The van der Waals surface area contributed by atoms with Crippen molar-refractivity contribution >= 4 is 23.4 Å². The third-order valence-corrected chi connectivity index (χ3v) is 4.53. The number of hydrogen-bond acceptors (Lipinski definition) is 5. The van der Waals surface area contributed by atoms with Gasteiger partial charge < -0.3 is 10.6 Å². The molecule has 2 N–H and O–H groups in total. The molecule has 0 aliphatic heterocycles. The summed E-state index contributed by atoms with van der Waals surface area (Å²) < 4.78 is 0.